The summed E-state index contributed by atoms with van der Waals surface area (Å²) >= 11 is 1.51. The van der Waals surface area contributed by atoms with Crippen molar-refractivity contribution in [3.05, 3.63) is 16.6 Å². The van der Waals surface area contributed by atoms with Gasteiger partial charge in [0.05, 0.1) is 16.6 Å². The zero-order valence-corrected chi connectivity index (χ0v) is 19.6. The maximum Gasteiger partial charge on any atom is 0.410 e. The molecule has 0 aliphatic heterocycles. The summed E-state index contributed by atoms with van der Waals surface area (Å²) in [5, 5.41) is 8.77. The number of ether oxygens (including phenoxy) is 1. The summed E-state index contributed by atoms with van der Waals surface area (Å²) in [5.74, 6) is -0.106. The molecule has 2 aromatic rings. The number of nitrogens with zero attached hydrogens (tertiary/aromatic N) is 3. The molecule has 2 heterocycles. The number of aromatic nitrogens is 2. The Morgan fingerprint density at radius 2 is 2.00 bits per heavy atom. The van der Waals surface area contributed by atoms with Crippen molar-refractivity contribution in [1.29, 1.82) is 0 Å². The highest BCUT2D eigenvalue weighted by atomic mass is 32.1. The van der Waals surface area contributed by atoms with Gasteiger partial charge >= 0.3 is 6.09 Å². The predicted molar refractivity (Wildman–Crippen MR) is 120 cm³/mol. The maximum atomic E-state index is 12.7. The van der Waals surface area contributed by atoms with Crippen LogP contribution >= 0.6 is 11.3 Å². The van der Waals surface area contributed by atoms with Crippen LogP contribution in [0.3, 0.4) is 0 Å². The molecule has 3 rings (SSSR count). The van der Waals surface area contributed by atoms with E-state index < -0.39 is 5.60 Å². The number of fused-ring (bicyclic) bond motifs is 1. The van der Waals surface area contributed by atoms with Gasteiger partial charge in [-0.1, -0.05) is 19.3 Å². The minimum absolute atomic E-state index is 0.106. The van der Waals surface area contributed by atoms with Crippen LogP contribution in [0.5, 0.6) is 0 Å². The summed E-state index contributed by atoms with van der Waals surface area (Å²) in [6.45, 7) is 10.8. The van der Waals surface area contributed by atoms with Crippen LogP contribution in [0.15, 0.2) is 6.07 Å². The van der Waals surface area contributed by atoms with Crippen LogP contribution in [0.2, 0.25) is 0 Å². The molecule has 30 heavy (non-hydrogen) atoms. The van der Waals surface area contributed by atoms with E-state index in [1.54, 1.807) is 4.90 Å². The van der Waals surface area contributed by atoms with Crippen LogP contribution < -0.4 is 5.32 Å². The molecule has 2 amide bonds. The van der Waals surface area contributed by atoms with E-state index in [0.717, 1.165) is 28.8 Å². The van der Waals surface area contributed by atoms with E-state index in [4.69, 9.17) is 9.84 Å². The number of hydrogen-bond donors (Lipinski definition) is 1. The van der Waals surface area contributed by atoms with Crippen molar-refractivity contribution in [3.63, 3.8) is 0 Å². The van der Waals surface area contributed by atoms with Gasteiger partial charge in [0.2, 0.25) is 0 Å². The Kier molecular flexibility index (Phi) is 7.06. The van der Waals surface area contributed by atoms with Crippen LogP contribution in [0.4, 0.5) is 4.79 Å². The number of amides is 2. The minimum atomic E-state index is -0.533. The van der Waals surface area contributed by atoms with Gasteiger partial charge in [-0.15, -0.1) is 11.3 Å². The number of hydrogen-bond acceptors (Lipinski definition) is 5. The van der Waals surface area contributed by atoms with Crippen LogP contribution in [-0.4, -0.2) is 51.9 Å². The highest BCUT2D eigenvalue weighted by Gasteiger charge is 2.23. The number of carbonyl (C=O) groups is 2. The lowest BCUT2D eigenvalue weighted by Gasteiger charge is -2.26. The Morgan fingerprint density at radius 3 is 2.63 bits per heavy atom. The lowest BCUT2D eigenvalue weighted by Crippen LogP contribution is -2.41. The quantitative estimate of drug-likeness (QED) is 0.702. The first-order valence-corrected chi connectivity index (χ1v) is 11.8. The molecule has 166 valence electrons. The van der Waals surface area contributed by atoms with Gasteiger partial charge in [0.15, 0.2) is 0 Å². The van der Waals surface area contributed by atoms with E-state index in [9.17, 15) is 9.59 Å². The van der Waals surface area contributed by atoms with Gasteiger partial charge in [-0.2, -0.15) is 5.10 Å². The monoisotopic (exact) mass is 434 g/mol. The fourth-order valence-corrected chi connectivity index (χ4v) is 5.00. The Morgan fingerprint density at radius 1 is 1.30 bits per heavy atom. The topological polar surface area (TPSA) is 76.5 Å². The van der Waals surface area contributed by atoms with Gasteiger partial charge in [0.1, 0.15) is 10.4 Å². The summed E-state index contributed by atoms with van der Waals surface area (Å²) in [5.41, 5.74) is 0.447. The van der Waals surface area contributed by atoms with Crippen molar-refractivity contribution in [2.45, 2.75) is 78.4 Å². The highest BCUT2D eigenvalue weighted by Crippen LogP contribution is 2.35. The van der Waals surface area contributed by atoms with Gasteiger partial charge in [-0.3, -0.25) is 9.48 Å². The molecule has 0 aromatic carbocycles. The second-order valence-electron chi connectivity index (χ2n) is 8.97. The highest BCUT2D eigenvalue weighted by molar-refractivity contribution is 7.20. The normalized spacial score (nSPS) is 15.4. The van der Waals surface area contributed by atoms with Gasteiger partial charge in [0, 0.05) is 25.0 Å². The minimum Gasteiger partial charge on any atom is -0.444 e. The van der Waals surface area contributed by atoms with E-state index >= 15 is 0 Å². The number of likely N-dealkylation sites (N-methyl/N-ethyl adjacent to an activating group) is 1. The molecular weight excluding hydrogens is 400 g/mol. The smallest absolute Gasteiger partial charge is 0.410 e. The molecule has 0 bridgehead atoms. The third kappa shape index (κ3) is 5.33. The average molecular weight is 435 g/mol. The van der Waals surface area contributed by atoms with E-state index in [1.807, 2.05) is 40.7 Å². The Hall–Kier alpha value is -2.09. The van der Waals surface area contributed by atoms with Crippen LogP contribution in [0.1, 0.15) is 81.2 Å². The zero-order valence-electron chi connectivity index (χ0n) is 18.8. The zero-order chi connectivity index (χ0) is 21.9. The summed E-state index contributed by atoms with van der Waals surface area (Å²) in [6.07, 6.45) is 5.76. The summed E-state index contributed by atoms with van der Waals surface area (Å²) in [6, 6.07) is 2.39. The number of aryl methyl sites for hydroxylation is 1. The van der Waals surface area contributed by atoms with Crippen molar-refractivity contribution < 1.29 is 14.3 Å². The van der Waals surface area contributed by atoms with E-state index in [-0.39, 0.29) is 12.0 Å². The van der Waals surface area contributed by atoms with Crippen molar-refractivity contribution in [2.24, 2.45) is 0 Å². The molecule has 1 aliphatic rings. The molecule has 1 fully saturated rings. The molecule has 8 heteroatoms. The molecule has 0 atom stereocenters. The summed E-state index contributed by atoms with van der Waals surface area (Å²) < 4.78 is 7.56. The first-order valence-electron chi connectivity index (χ1n) is 10.9. The number of carbonyl (C=O) groups excluding carboxylic acids is 2. The molecule has 0 saturated heterocycles. The Balaban J connectivity index is 1.62. The fourth-order valence-electron chi connectivity index (χ4n) is 3.85. The second-order valence-corrected chi connectivity index (χ2v) is 10.00. The van der Waals surface area contributed by atoms with Crippen LogP contribution in [0.25, 0.3) is 10.2 Å². The first-order chi connectivity index (χ1) is 14.2. The van der Waals surface area contributed by atoms with Gasteiger partial charge in [0.25, 0.3) is 5.91 Å². The molecule has 0 radical (unpaired) electrons. The number of nitrogens with one attached hydrogen (secondary N) is 1. The van der Waals surface area contributed by atoms with Crippen molar-refractivity contribution in [3.8, 4) is 0 Å². The predicted octanol–water partition coefficient (Wildman–Crippen LogP) is 4.90. The molecule has 7 nitrogen and oxygen atoms in total. The Labute approximate surface area is 182 Å². The van der Waals surface area contributed by atoms with Gasteiger partial charge < -0.3 is 15.0 Å². The maximum absolute atomic E-state index is 12.7. The van der Waals surface area contributed by atoms with Crippen LogP contribution in [0, 0.1) is 6.92 Å². The van der Waals surface area contributed by atoms with Crippen molar-refractivity contribution in [2.75, 3.05) is 19.6 Å². The number of thiophene rings is 1. The van der Waals surface area contributed by atoms with E-state index in [0.29, 0.717) is 30.6 Å². The largest absolute Gasteiger partial charge is 0.444 e. The van der Waals surface area contributed by atoms with E-state index in [1.165, 1.54) is 30.6 Å². The van der Waals surface area contributed by atoms with Gasteiger partial charge in [-0.05, 0) is 53.5 Å². The summed E-state index contributed by atoms with van der Waals surface area (Å²) in [4.78, 5) is 28.3. The molecule has 0 spiro atoms. The lowest BCUT2D eigenvalue weighted by atomic mass is 9.96. The van der Waals surface area contributed by atoms with Gasteiger partial charge in [-0.25, -0.2) is 4.79 Å². The third-order valence-electron chi connectivity index (χ3n) is 5.41. The molecule has 1 saturated carbocycles. The van der Waals surface area contributed by atoms with Crippen molar-refractivity contribution >= 4 is 33.6 Å². The SMILES string of the molecule is CCN(CCNC(=O)c1cc2c(C)nn(C3CCCCC3)c2s1)C(=O)OC(C)(C)C. The van der Waals surface area contributed by atoms with Crippen LogP contribution in [-0.2, 0) is 4.74 Å². The average Bonchev–Trinajstić information content (AvgIpc) is 3.25. The fraction of sp³-hybridized carbons (Fsp3) is 0.682. The molecule has 0 unspecified atom stereocenters. The summed E-state index contributed by atoms with van der Waals surface area (Å²) in [7, 11) is 0. The third-order valence-corrected chi connectivity index (χ3v) is 6.54. The standard InChI is InChI=1S/C22H34N4O3S/c1-6-25(21(28)29-22(3,4)5)13-12-23-19(27)18-14-17-15(2)24-26(20(17)30-18)16-10-8-7-9-11-16/h14,16H,6-13H2,1-5H3,(H,23,27). The van der Waals surface area contributed by atoms with Crippen molar-refractivity contribution in [1.82, 2.24) is 20.0 Å². The molecule has 1 N–H and O–H groups in total. The Bertz CT molecular complexity index is 890. The lowest BCUT2D eigenvalue weighted by molar-refractivity contribution is 0.0261. The molecule has 1 aliphatic carbocycles. The second kappa shape index (κ2) is 9.37. The number of rotatable bonds is 6. The molecular formula is C22H34N4O3S. The first kappa shape index (κ1) is 22.6. The van der Waals surface area contributed by atoms with E-state index in [2.05, 4.69) is 10.00 Å². The molecule has 2 aromatic heterocycles.